The molecule has 1 fully saturated rings. The summed E-state index contributed by atoms with van der Waals surface area (Å²) in [6.07, 6.45) is 2.14. The van der Waals surface area contributed by atoms with Gasteiger partial charge >= 0.3 is 5.97 Å². The zero-order chi connectivity index (χ0) is 21.3. The van der Waals surface area contributed by atoms with Crippen LogP contribution in [0.15, 0.2) is 29.2 Å². The number of aliphatic carboxylic acids is 1. The maximum Gasteiger partial charge on any atom is 0.303 e. The second-order valence-corrected chi connectivity index (χ2v) is 8.70. The Morgan fingerprint density at radius 3 is 2.62 bits per heavy atom. The van der Waals surface area contributed by atoms with Crippen LogP contribution in [0.4, 0.5) is 0 Å². The molecule has 0 bridgehead atoms. The van der Waals surface area contributed by atoms with Crippen LogP contribution in [0.3, 0.4) is 0 Å². The number of amides is 1. The van der Waals surface area contributed by atoms with Gasteiger partial charge in [-0.15, -0.1) is 0 Å². The first kappa shape index (κ1) is 23.6. The van der Waals surface area contributed by atoms with Crippen molar-refractivity contribution in [1.82, 2.24) is 10.0 Å². The van der Waals surface area contributed by atoms with Gasteiger partial charge in [-0.25, -0.2) is 8.42 Å². The highest BCUT2D eigenvalue weighted by atomic mass is 35.5. The normalized spacial score (nSPS) is 18.2. The van der Waals surface area contributed by atoms with Gasteiger partial charge < -0.3 is 19.9 Å². The van der Waals surface area contributed by atoms with Crippen LogP contribution in [0.5, 0.6) is 0 Å². The lowest BCUT2D eigenvalue weighted by Gasteiger charge is -2.25. The molecule has 0 saturated carbocycles. The first-order valence-electron chi connectivity index (χ1n) is 9.28. The van der Waals surface area contributed by atoms with Crippen LogP contribution in [0.1, 0.15) is 32.1 Å². The van der Waals surface area contributed by atoms with Crippen LogP contribution in [0, 0.1) is 0 Å². The summed E-state index contributed by atoms with van der Waals surface area (Å²) in [6, 6.07) is 4.33. The molecule has 1 aliphatic rings. The third-order valence-corrected chi connectivity index (χ3v) is 5.93. The highest BCUT2D eigenvalue weighted by Gasteiger charge is 2.27. The van der Waals surface area contributed by atoms with E-state index in [2.05, 4.69) is 10.0 Å². The average Bonchev–Trinajstić information content (AvgIpc) is 2.69. The Balaban J connectivity index is 2.02. The number of hydrogen-bond donors (Lipinski definition) is 3. The minimum absolute atomic E-state index is 0.0421. The fourth-order valence-electron chi connectivity index (χ4n) is 2.65. The molecule has 2 unspecified atom stereocenters. The van der Waals surface area contributed by atoms with E-state index in [1.807, 2.05) is 0 Å². The second kappa shape index (κ2) is 11.5. The minimum Gasteiger partial charge on any atom is -0.481 e. The fraction of sp³-hybridized carbons (Fsp3) is 0.556. The summed E-state index contributed by atoms with van der Waals surface area (Å²) >= 11 is 5.79. The summed E-state index contributed by atoms with van der Waals surface area (Å²) in [6.45, 7) is 0.430. The predicted molar refractivity (Wildman–Crippen MR) is 105 cm³/mol. The van der Waals surface area contributed by atoms with Gasteiger partial charge in [0.05, 0.1) is 11.5 Å². The molecular weight excluding hydrogens is 424 g/mol. The number of rotatable bonds is 11. The number of nitrogens with one attached hydrogen (secondary N) is 2. The third kappa shape index (κ3) is 8.27. The number of carbonyl (C=O) groups excluding carboxylic acids is 1. The van der Waals surface area contributed by atoms with Crippen LogP contribution >= 0.6 is 11.6 Å². The van der Waals surface area contributed by atoms with Crippen molar-refractivity contribution in [3.63, 3.8) is 0 Å². The van der Waals surface area contributed by atoms with Crippen molar-refractivity contribution in [3.05, 3.63) is 29.3 Å². The summed E-state index contributed by atoms with van der Waals surface area (Å²) < 4.78 is 38.6. The van der Waals surface area contributed by atoms with E-state index in [1.54, 1.807) is 0 Å². The SMILES string of the molecule is O=C(O)CCCNC(=O)C(COC1CCCCO1)NS(=O)(=O)c1ccc(Cl)cc1. The van der Waals surface area contributed by atoms with Crippen molar-refractivity contribution >= 4 is 33.5 Å². The van der Waals surface area contributed by atoms with Crippen molar-refractivity contribution in [2.75, 3.05) is 19.8 Å². The van der Waals surface area contributed by atoms with E-state index in [0.29, 0.717) is 18.1 Å². The smallest absolute Gasteiger partial charge is 0.303 e. The van der Waals surface area contributed by atoms with Gasteiger partial charge in [-0.3, -0.25) is 9.59 Å². The summed E-state index contributed by atoms with van der Waals surface area (Å²) in [5.74, 6) is -1.58. The number of hydrogen-bond acceptors (Lipinski definition) is 6. The van der Waals surface area contributed by atoms with Crippen LogP contribution in [-0.2, 0) is 29.1 Å². The first-order valence-corrected chi connectivity index (χ1v) is 11.1. The van der Waals surface area contributed by atoms with Crippen molar-refractivity contribution < 1.29 is 32.6 Å². The molecule has 0 spiro atoms. The molecule has 0 radical (unpaired) electrons. The lowest BCUT2D eigenvalue weighted by atomic mass is 10.2. The third-order valence-electron chi connectivity index (χ3n) is 4.19. The minimum atomic E-state index is -4.00. The number of sulfonamides is 1. The maximum atomic E-state index is 12.6. The highest BCUT2D eigenvalue weighted by Crippen LogP contribution is 2.16. The maximum absolute atomic E-state index is 12.6. The number of carboxylic acid groups (broad SMARTS) is 1. The van der Waals surface area contributed by atoms with E-state index >= 15 is 0 Å². The summed E-state index contributed by atoms with van der Waals surface area (Å²) in [4.78, 5) is 23.0. The standard InChI is InChI=1S/C18H25ClN2O7S/c19-13-6-8-14(9-7-13)29(25,26)21-15(12-28-17-5-1-2-11-27-17)18(24)20-10-3-4-16(22)23/h6-9,15,17,21H,1-5,10-12H2,(H,20,24)(H,22,23). The van der Waals surface area contributed by atoms with E-state index in [-0.39, 0.29) is 30.9 Å². The van der Waals surface area contributed by atoms with Gasteiger partial charge in [0.25, 0.3) is 0 Å². The largest absolute Gasteiger partial charge is 0.481 e. The molecule has 1 amide bonds. The summed E-state index contributed by atoms with van der Waals surface area (Å²) in [7, 11) is -4.00. The van der Waals surface area contributed by atoms with Gasteiger partial charge in [0.1, 0.15) is 6.04 Å². The molecule has 1 aromatic rings. The van der Waals surface area contributed by atoms with Crippen molar-refractivity contribution in [3.8, 4) is 0 Å². The molecule has 2 rings (SSSR count). The first-order chi connectivity index (χ1) is 13.8. The summed E-state index contributed by atoms with van der Waals surface area (Å²) in [5.41, 5.74) is 0. The lowest BCUT2D eigenvalue weighted by molar-refractivity contribution is -0.167. The molecule has 29 heavy (non-hydrogen) atoms. The number of carboxylic acids is 1. The molecule has 3 N–H and O–H groups in total. The molecule has 1 aromatic carbocycles. The van der Waals surface area contributed by atoms with Crippen molar-refractivity contribution in [1.29, 1.82) is 0 Å². The van der Waals surface area contributed by atoms with Gasteiger partial charge in [-0.05, 0) is 49.9 Å². The Bertz CT molecular complexity index is 780. The lowest BCUT2D eigenvalue weighted by Crippen LogP contribution is -2.50. The molecule has 0 aromatic heterocycles. The van der Waals surface area contributed by atoms with Crippen LogP contribution < -0.4 is 10.0 Å². The number of halogens is 1. The van der Waals surface area contributed by atoms with Gasteiger partial charge in [0, 0.05) is 24.6 Å². The summed E-state index contributed by atoms with van der Waals surface area (Å²) in [5, 5.41) is 11.6. The zero-order valence-corrected chi connectivity index (χ0v) is 17.4. The van der Waals surface area contributed by atoms with Crippen LogP contribution in [0.2, 0.25) is 5.02 Å². The van der Waals surface area contributed by atoms with Crippen LogP contribution in [0.25, 0.3) is 0 Å². The molecule has 0 aliphatic carbocycles. The van der Waals surface area contributed by atoms with Gasteiger partial charge in [0.15, 0.2) is 6.29 Å². The monoisotopic (exact) mass is 448 g/mol. The zero-order valence-electron chi connectivity index (χ0n) is 15.8. The molecule has 1 saturated heterocycles. The van der Waals surface area contributed by atoms with Gasteiger partial charge in [0.2, 0.25) is 15.9 Å². The number of carbonyl (C=O) groups is 2. The molecule has 11 heteroatoms. The Kier molecular flexibility index (Phi) is 9.31. The highest BCUT2D eigenvalue weighted by molar-refractivity contribution is 7.89. The molecule has 1 aliphatic heterocycles. The quantitative estimate of drug-likeness (QED) is 0.437. The fourth-order valence-corrected chi connectivity index (χ4v) is 3.96. The molecule has 1 heterocycles. The van der Waals surface area contributed by atoms with Crippen molar-refractivity contribution in [2.24, 2.45) is 0 Å². The Morgan fingerprint density at radius 2 is 2.00 bits per heavy atom. The van der Waals surface area contributed by atoms with E-state index in [9.17, 15) is 18.0 Å². The molecule has 162 valence electrons. The molecular formula is C18H25ClN2O7S. The van der Waals surface area contributed by atoms with E-state index in [0.717, 1.165) is 12.8 Å². The van der Waals surface area contributed by atoms with E-state index in [4.69, 9.17) is 26.2 Å². The van der Waals surface area contributed by atoms with E-state index in [1.165, 1.54) is 24.3 Å². The average molecular weight is 449 g/mol. The number of ether oxygens (including phenoxy) is 2. The Labute approximate surface area is 174 Å². The predicted octanol–water partition coefficient (Wildman–Crippen LogP) is 1.51. The van der Waals surface area contributed by atoms with Gasteiger partial charge in [-0.1, -0.05) is 11.6 Å². The molecule has 2 atom stereocenters. The molecule has 9 nitrogen and oxygen atoms in total. The topological polar surface area (TPSA) is 131 Å². The van der Waals surface area contributed by atoms with E-state index < -0.39 is 34.2 Å². The van der Waals surface area contributed by atoms with Crippen LogP contribution in [-0.4, -0.2) is 57.5 Å². The Morgan fingerprint density at radius 1 is 1.28 bits per heavy atom. The number of benzene rings is 1. The Hall–Kier alpha value is -1.72. The van der Waals surface area contributed by atoms with Gasteiger partial charge in [-0.2, -0.15) is 4.72 Å². The van der Waals surface area contributed by atoms with Crippen molar-refractivity contribution in [2.45, 2.75) is 49.3 Å². The second-order valence-electron chi connectivity index (χ2n) is 6.55.